The molecular formula is C19H20FNO2. The summed E-state index contributed by atoms with van der Waals surface area (Å²) in [6, 6.07) is 13.6. The van der Waals surface area contributed by atoms with Crippen molar-refractivity contribution in [2.45, 2.75) is 5.60 Å². The first-order chi connectivity index (χ1) is 11.1. The molecule has 1 atom stereocenters. The van der Waals surface area contributed by atoms with Crippen LogP contribution in [0.15, 0.2) is 61.2 Å². The van der Waals surface area contributed by atoms with E-state index >= 15 is 0 Å². The first kappa shape index (κ1) is 15.7. The lowest BCUT2D eigenvalue weighted by molar-refractivity contribution is 0.122. The van der Waals surface area contributed by atoms with Gasteiger partial charge in [0.15, 0.2) is 0 Å². The second-order valence-electron chi connectivity index (χ2n) is 5.62. The Kier molecular flexibility index (Phi) is 4.46. The number of anilines is 1. The summed E-state index contributed by atoms with van der Waals surface area (Å²) in [4.78, 5) is 2.25. The first-order valence-electron chi connectivity index (χ1n) is 7.69. The van der Waals surface area contributed by atoms with E-state index in [2.05, 4.69) is 11.5 Å². The van der Waals surface area contributed by atoms with E-state index in [1.54, 1.807) is 12.1 Å². The summed E-state index contributed by atoms with van der Waals surface area (Å²) in [7, 11) is 0. The van der Waals surface area contributed by atoms with Gasteiger partial charge in [-0.1, -0.05) is 36.9 Å². The summed E-state index contributed by atoms with van der Waals surface area (Å²) >= 11 is 0. The maximum Gasteiger partial charge on any atom is 0.133 e. The Labute approximate surface area is 135 Å². The van der Waals surface area contributed by atoms with E-state index in [4.69, 9.17) is 4.74 Å². The number of aliphatic hydroxyl groups is 1. The second-order valence-corrected chi connectivity index (χ2v) is 5.62. The van der Waals surface area contributed by atoms with Crippen LogP contribution in [-0.2, 0) is 10.3 Å². The maximum atomic E-state index is 13.1. The molecule has 1 N–H and O–H groups in total. The van der Waals surface area contributed by atoms with Crippen LogP contribution in [0.5, 0.6) is 0 Å². The lowest BCUT2D eigenvalue weighted by atomic mass is 9.86. The first-order valence-corrected chi connectivity index (χ1v) is 7.69. The van der Waals surface area contributed by atoms with E-state index < -0.39 is 5.60 Å². The third kappa shape index (κ3) is 3.14. The minimum atomic E-state index is -1.34. The monoisotopic (exact) mass is 313 g/mol. The van der Waals surface area contributed by atoms with Crippen LogP contribution >= 0.6 is 0 Å². The summed E-state index contributed by atoms with van der Waals surface area (Å²) in [5.41, 5.74) is 1.06. The van der Waals surface area contributed by atoms with Crippen LogP contribution < -0.4 is 4.90 Å². The van der Waals surface area contributed by atoms with Crippen LogP contribution in [0.2, 0.25) is 0 Å². The van der Waals surface area contributed by atoms with Crippen molar-refractivity contribution in [1.82, 2.24) is 0 Å². The molecule has 23 heavy (non-hydrogen) atoms. The van der Waals surface area contributed by atoms with Gasteiger partial charge >= 0.3 is 0 Å². The molecule has 1 unspecified atom stereocenters. The summed E-state index contributed by atoms with van der Waals surface area (Å²) < 4.78 is 18.5. The lowest BCUT2D eigenvalue weighted by Crippen LogP contribution is -2.36. The average Bonchev–Trinajstić information content (AvgIpc) is 2.62. The molecule has 1 fully saturated rings. The van der Waals surface area contributed by atoms with Crippen LogP contribution in [0, 0.1) is 5.82 Å². The Morgan fingerprint density at radius 2 is 1.52 bits per heavy atom. The third-order valence-corrected chi connectivity index (χ3v) is 4.26. The number of nitrogens with zero attached hydrogens (tertiary/aromatic N) is 1. The maximum absolute atomic E-state index is 13.1. The zero-order valence-corrected chi connectivity index (χ0v) is 12.9. The third-order valence-electron chi connectivity index (χ3n) is 4.26. The average molecular weight is 313 g/mol. The van der Waals surface area contributed by atoms with Crippen LogP contribution in [0.4, 0.5) is 10.1 Å². The van der Waals surface area contributed by atoms with Crippen molar-refractivity contribution in [3.05, 3.63) is 78.1 Å². The van der Waals surface area contributed by atoms with Gasteiger partial charge in [0.2, 0.25) is 0 Å². The highest BCUT2D eigenvalue weighted by Gasteiger charge is 2.28. The summed E-state index contributed by atoms with van der Waals surface area (Å²) in [5.74, 6) is -0.331. The predicted octanol–water partition coefficient (Wildman–Crippen LogP) is 3.08. The molecule has 4 heteroatoms. The molecule has 0 aromatic heterocycles. The highest BCUT2D eigenvalue weighted by Crippen LogP contribution is 2.32. The molecule has 2 aromatic rings. The standard InChI is InChI=1S/C19H20FNO2/c1-2-19(22,15-3-7-17(20)8-4-15)16-5-9-18(10-6-16)21-11-13-23-14-12-21/h2-10,22H,1,11-14H2. The predicted molar refractivity (Wildman–Crippen MR) is 89.1 cm³/mol. The molecule has 1 heterocycles. The number of benzene rings is 2. The molecule has 0 amide bonds. The number of rotatable bonds is 4. The highest BCUT2D eigenvalue weighted by molar-refractivity contribution is 5.51. The molecule has 3 nitrogen and oxygen atoms in total. The molecule has 1 aliphatic heterocycles. The summed E-state index contributed by atoms with van der Waals surface area (Å²) in [5, 5.41) is 11.0. The van der Waals surface area contributed by atoms with Gasteiger partial charge in [0.25, 0.3) is 0 Å². The minimum Gasteiger partial charge on any atom is -0.378 e. The lowest BCUT2D eigenvalue weighted by Gasteiger charge is -2.30. The van der Waals surface area contributed by atoms with Crippen molar-refractivity contribution in [3.63, 3.8) is 0 Å². The quantitative estimate of drug-likeness (QED) is 0.881. The second kappa shape index (κ2) is 6.52. The Morgan fingerprint density at radius 1 is 1.00 bits per heavy atom. The van der Waals surface area contributed by atoms with Gasteiger partial charge < -0.3 is 14.7 Å². The van der Waals surface area contributed by atoms with Crippen molar-refractivity contribution in [1.29, 1.82) is 0 Å². The van der Waals surface area contributed by atoms with Gasteiger partial charge in [-0.2, -0.15) is 0 Å². The van der Waals surface area contributed by atoms with E-state index in [-0.39, 0.29) is 5.82 Å². The fourth-order valence-corrected chi connectivity index (χ4v) is 2.85. The van der Waals surface area contributed by atoms with Gasteiger partial charge in [-0.25, -0.2) is 4.39 Å². The zero-order valence-electron chi connectivity index (χ0n) is 12.9. The van der Waals surface area contributed by atoms with Crippen LogP contribution in [-0.4, -0.2) is 31.4 Å². The zero-order chi connectivity index (χ0) is 16.3. The van der Waals surface area contributed by atoms with Crippen molar-refractivity contribution >= 4 is 5.69 Å². The Balaban J connectivity index is 1.89. The minimum absolute atomic E-state index is 0.331. The fraction of sp³-hybridized carbons (Fsp3) is 0.263. The number of halogens is 1. The van der Waals surface area contributed by atoms with Crippen molar-refractivity contribution < 1.29 is 14.2 Å². The molecule has 0 bridgehead atoms. The molecule has 0 spiro atoms. The number of ether oxygens (including phenoxy) is 1. The molecule has 120 valence electrons. The van der Waals surface area contributed by atoms with Crippen molar-refractivity contribution in [2.75, 3.05) is 31.2 Å². The smallest absolute Gasteiger partial charge is 0.133 e. The van der Waals surface area contributed by atoms with Crippen LogP contribution in [0.25, 0.3) is 0 Å². The molecule has 1 saturated heterocycles. The van der Waals surface area contributed by atoms with E-state index in [9.17, 15) is 9.50 Å². The normalized spacial score (nSPS) is 17.6. The Bertz CT molecular complexity index is 663. The molecule has 3 rings (SSSR count). The van der Waals surface area contributed by atoms with Gasteiger partial charge in [-0.3, -0.25) is 0 Å². The summed E-state index contributed by atoms with van der Waals surface area (Å²) in [6.07, 6.45) is 1.48. The molecule has 1 aliphatic rings. The van der Waals surface area contributed by atoms with Gasteiger partial charge in [-0.15, -0.1) is 0 Å². The number of hydrogen-bond acceptors (Lipinski definition) is 3. The summed E-state index contributed by atoms with van der Waals surface area (Å²) in [6.45, 7) is 6.94. The topological polar surface area (TPSA) is 32.7 Å². The fourth-order valence-electron chi connectivity index (χ4n) is 2.85. The van der Waals surface area contributed by atoms with Crippen LogP contribution in [0.3, 0.4) is 0 Å². The Morgan fingerprint density at radius 3 is 2.04 bits per heavy atom. The van der Waals surface area contributed by atoms with Gasteiger partial charge in [0.05, 0.1) is 13.2 Å². The molecule has 0 radical (unpaired) electrons. The van der Waals surface area contributed by atoms with Crippen molar-refractivity contribution in [2.24, 2.45) is 0 Å². The number of hydrogen-bond donors (Lipinski definition) is 1. The highest BCUT2D eigenvalue weighted by atomic mass is 19.1. The van der Waals surface area contributed by atoms with Crippen LogP contribution in [0.1, 0.15) is 11.1 Å². The largest absolute Gasteiger partial charge is 0.378 e. The molecule has 0 aliphatic carbocycles. The molecule has 2 aromatic carbocycles. The molecular weight excluding hydrogens is 293 g/mol. The number of morpholine rings is 1. The van der Waals surface area contributed by atoms with Gasteiger partial charge in [0.1, 0.15) is 11.4 Å². The van der Waals surface area contributed by atoms with E-state index in [1.807, 2.05) is 24.3 Å². The van der Waals surface area contributed by atoms with Gasteiger partial charge in [0, 0.05) is 18.8 Å². The Hall–Kier alpha value is -2.17. The van der Waals surface area contributed by atoms with E-state index in [1.165, 1.54) is 18.2 Å². The molecule has 0 saturated carbocycles. The van der Waals surface area contributed by atoms with Crippen molar-refractivity contribution in [3.8, 4) is 0 Å². The van der Waals surface area contributed by atoms with E-state index in [0.29, 0.717) is 11.1 Å². The van der Waals surface area contributed by atoms with Gasteiger partial charge in [-0.05, 0) is 35.4 Å². The SMILES string of the molecule is C=CC(O)(c1ccc(F)cc1)c1ccc(N2CCOCC2)cc1. The van der Waals surface area contributed by atoms with E-state index in [0.717, 1.165) is 32.0 Å².